The number of Topliss-reactive ketones (excluding diaryl/α,β-unsaturated/α-hetero) is 1. The van der Waals surface area contributed by atoms with E-state index in [1.165, 1.54) is 23.3 Å². The average Bonchev–Trinajstić information content (AvgIpc) is 3.49. The summed E-state index contributed by atoms with van der Waals surface area (Å²) in [7, 11) is 3.11. The lowest BCUT2D eigenvalue weighted by Crippen LogP contribution is -2.29. The summed E-state index contributed by atoms with van der Waals surface area (Å²) in [6, 6.07) is 16.4. The number of amides is 1. The van der Waals surface area contributed by atoms with Crippen molar-refractivity contribution >= 4 is 44.1 Å². The molecule has 3 aromatic carbocycles. The van der Waals surface area contributed by atoms with Gasteiger partial charge in [0.25, 0.3) is 5.78 Å². The lowest BCUT2D eigenvalue weighted by molar-refractivity contribution is -0.132. The van der Waals surface area contributed by atoms with Crippen molar-refractivity contribution in [3.63, 3.8) is 0 Å². The minimum atomic E-state index is -0.944. The fourth-order valence-corrected chi connectivity index (χ4v) is 5.65. The Bertz CT molecular complexity index is 1630. The Kier molecular flexibility index (Phi) is 5.88. The van der Waals surface area contributed by atoms with Crippen LogP contribution in [0.2, 0.25) is 0 Å². The van der Waals surface area contributed by atoms with E-state index in [1.807, 2.05) is 6.07 Å². The highest BCUT2D eigenvalue weighted by Crippen LogP contribution is 2.45. The fourth-order valence-electron chi connectivity index (χ4n) is 4.63. The highest BCUT2D eigenvalue weighted by Gasteiger charge is 2.48. The SMILES string of the molecule is COc1cccc(C2/C(=C(\O)c3ccc4c(c3)OCCO4)C(=O)C(=O)N2c2nc3ccc(OC)cc3s2)c1. The first kappa shape index (κ1) is 23.8. The third kappa shape index (κ3) is 3.90. The topological polar surface area (TPSA) is 107 Å². The molecule has 2 aliphatic heterocycles. The fraction of sp³-hybridized carbons (Fsp3) is 0.179. The third-order valence-corrected chi connectivity index (χ3v) is 7.48. The maximum absolute atomic E-state index is 13.5. The van der Waals surface area contributed by atoms with Crippen molar-refractivity contribution < 1.29 is 33.6 Å². The predicted molar refractivity (Wildman–Crippen MR) is 141 cm³/mol. The first-order chi connectivity index (χ1) is 18.5. The summed E-state index contributed by atoms with van der Waals surface area (Å²) in [5, 5.41) is 11.8. The van der Waals surface area contributed by atoms with E-state index in [9.17, 15) is 14.7 Å². The van der Waals surface area contributed by atoms with Crippen molar-refractivity contribution in [2.75, 3.05) is 32.3 Å². The third-order valence-electron chi connectivity index (χ3n) is 6.46. The number of thiazole rings is 1. The molecule has 0 aliphatic carbocycles. The molecule has 1 amide bonds. The molecule has 1 fully saturated rings. The molecule has 0 radical (unpaired) electrons. The van der Waals surface area contributed by atoms with Crippen LogP contribution in [0.3, 0.4) is 0 Å². The van der Waals surface area contributed by atoms with Gasteiger partial charge in [-0.05, 0) is 54.1 Å². The average molecular weight is 531 g/mol. The lowest BCUT2D eigenvalue weighted by Gasteiger charge is -2.23. The van der Waals surface area contributed by atoms with Gasteiger partial charge >= 0.3 is 5.91 Å². The van der Waals surface area contributed by atoms with Gasteiger partial charge < -0.3 is 24.1 Å². The number of aliphatic hydroxyl groups excluding tert-OH is 1. The summed E-state index contributed by atoms with van der Waals surface area (Å²) < 4.78 is 22.7. The predicted octanol–water partition coefficient (Wildman–Crippen LogP) is 4.71. The Labute approximate surface area is 221 Å². The van der Waals surface area contributed by atoms with Crippen LogP contribution >= 0.6 is 11.3 Å². The van der Waals surface area contributed by atoms with Gasteiger partial charge in [-0.3, -0.25) is 14.5 Å². The van der Waals surface area contributed by atoms with E-state index in [2.05, 4.69) is 4.98 Å². The van der Waals surface area contributed by atoms with Crippen molar-refractivity contribution in [3.05, 3.63) is 77.4 Å². The molecule has 0 bridgehead atoms. The highest BCUT2D eigenvalue weighted by molar-refractivity contribution is 7.22. The van der Waals surface area contributed by atoms with Gasteiger partial charge in [0.15, 0.2) is 16.6 Å². The lowest BCUT2D eigenvalue weighted by atomic mass is 9.95. The van der Waals surface area contributed by atoms with Crippen LogP contribution in [0.5, 0.6) is 23.0 Å². The van der Waals surface area contributed by atoms with Crippen LogP contribution in [-0.4, -0.2) is 49.2 Å². The van der Waals surface area contributed by atoms with Gasteiger partial charge in [0.2, 0.25) is 0 Å². The normalized spacial score (nSPS) is 18.2. The number of ether oxygens (including phenoxy) is 4. The molecule has 0 spiro atoms. The molecule has 9 nitrogen and oxygen atoms in total. The number of methoxy groups -OCH3 is 2. The summed E-state index contributed by atoms with van der Waals surface area (Å²) >= 11 is 1.26. The zero-order valence-corrected chi connectivity index (χ0v) is 21.3. The number of ketones is 1. The highest BCUT2D eigenvalue weighted by atomic mass is 32.1. The molecule has 38 heavy (non-hydrogen) atoms. The van der Waals surface area contributed by atoms with Gasteiger partial charge in [-0.25, -0.2) is 4.98 Å². The number of fused-ring (bicyclic) bond motifs is 2. The maximum Gasteiger partial charge on any atom is 0.301 e. The van der Waals surface area contributed by atoms with Gasteiger partial charge in [-0.2, -0.15) is 0 Å². The summed E-state index contributed by atoms with van der Waals surface area (Å²) in [6.45, 7) is 0.793. The molecule has 6 rings (SSSR count). The van der Waals surface area contributed by atoms with Gasteiger partial charge in [0.05, 0.1) is 36.1 Å². The number of hydrogen-bond donors (Lipinski definition) is 1. The monoisotopic (exact) mass is 530 g/mol. The van der Waals surface area contributed by atoms with Gasteiger partial charge in [0, 0.05) is 5.56 Å². The number of anilines is 1. The van der Waals surface area contributed by atoms with E-state index in [0.29, 0.717) is 58.0 Å². The van der Waals surface area contributed by atoms with Gasteiger partial charge in [-0.15, -0.1) is 0 Å². The number of rotatable bonds is 5. The number of aromatic nitrogens is 1. The van der Waals surface area contributed by atoms with Crippen molar-refractivity contribution in [1.29, 1.82) is 0 Å². The number of carbonyl (C=O) groups is 2. The van der Waals surface area contributed by atoms with Crippen LogP contribution in [-0.2, 0) is 9.59 Å². The molecule has 0 saturated carbocycles. The van der Waals surface area contributed by atoms with E-state index in [-0.39, 0.29) is 11.3 Å². The molecule has 1 aromatic heterocycles. The molecule has 1 N–H and O–H groups in total. The molecule has 1 unspecified atom stereocenters. The largest absolute Gasteiger partial charge is 0.507 e. The van der Waals surface area contributed by atoms with Crippen LogP contribution < -0.4 is 23.8 Å². The zero-order valence-electron chi connectivity index (χ0n) is 20.5. The quantitative estimate of drug-likeness (QED) is 0.225. The van der Waals surface area contributed by atoms with Crippen molar-refractivity contribution in [3.8, 4) is 23.0 Å². The number of nitrogens with zero attached hydrogens (tertiary/aromatic N) is 2. The van der Waals surface area contributed by atoms with E-state index < -0.39 is 17.7 Å². The van der Waals surface area contributed by atoms with Crippen molar-refractivity contribution in [2.24, 2.45) is 0 Å². The van der Waals surface area contributed by atoms with Crippen molar-refractivity contribution in [2.45, 2.75) is 6.04 Å². The zero-order chi connectivity index (χ0) is 26.4. The first-order valence-corrected chi connectivity index (χ1v) is 12.6. The molecule has 1 saturated heterocycles. The van der Waals surface area contributed by atoms with Crippen molar-refractivity contribution in [1.82, 2.24) is 4.98 Å². The summed E-state index contributed by atoms with van der Waals surface area (Å²) in [5.74, 6) is 0.262. The van der Waals surface area contributed by atoms with Crippen LogP contribution in [0, 0.1) is 0 Å². The Morgan fingerprint density at radius 2 is 1.74 bits per heavy atom. The number of aliphatic hydroxyl groups is 1. The van der Waals surface area contributed by atoms with Gasteiger partial charge in [-0.1, -0.05) is 23.5 Å². The summed E-state index contributed by atoms with van der Waals surface area (Å²) in [5.41, 5.74) is 1.51. The van der Waals surface area contributed by atoms with E-state index in [4.69, 9.17) is 18.9 Å². The van der Waals surface area contributed by atoms with Crippen LogP contribution in [0.25, 0.3) is 16.0 Å². The van der Waals surface area contributed by atoms with Crippen LogP contribution in [0.4, 0.5) is 5.13 Å². The molecule has 1 atom stereocenters. The second-order valence-electron chi connectivity index (χ2n) is 8.63. The molecular formula is C28H22N2O7S. The summed E-state index contributed by atoms with van der Waals surface area (Å²) in [6.07, 6.45) is 0. The smallest absolute Gasteiger partial charge is 0.301 e. The molecule has 4 aromatic rings. The Balaban J connectivity index is 1.54. The molecule has 2 aliphatic rings. The second kappa shape index (κ2) is 9.38. The molecular weight excluding hydrogens is 508 g/mol. The molecule has 3 heterocycles. The summed E-state index contributed by atoms with van der Waals surface area (Å²) in [4.78, 5) is 33.0. The second-order valence-corrected chi connectivity index (χ2v) is 9.64. The number of hydrogen-bond acceptors (Lipinski definition) is 9. The Morgan fingerprint density at radius 3 is 2.53 bits per heavy atom. The van der Waals surface area contributed by atoms with E-state index >= 15 is 0 Å². The van der Waals surface area contributed by atoms with E-state index in [0.717, 1.165) is 4.70 Å². The Morgan fingerprint density at radius 1 is 0.974 bits per heavy atom. The number of carbonyl (C=O) groups excluding carboxylic acids is 2. The standard InChI is InChI=1S/C28H22N2O7S/c1-34-17-5-3-4-15(12-17)24-23(25(31)16-6-9-20-21(13-16)37-11-10-36-20)26(32)27(33)30(24)28-29-19-8-7-18(35-2)14-22(19)38-28/h3-9,12-14,24,31H,10-11H2,1-2H3/b25-23+. The maximum atomic E-state index is 13.5. The van der Waals surface area contributed by atoms with Crippen LogP contribution in [0.15, 0.2) is 66.2 Å². The minimum absolute atomic E-state index is 0.0585. The first-order valence-electron chi connectivity index (χ1n) is 11.8. The minimum Gasteiger partial charge on any atom is -0.507 e. The van der Waals surface area contributed by atoms with E-state index in [1.54, 1.807) is 61.7 Å². The Hall–Kier alpha value is -4.57. The molecule has 192 valence electrons. The van der Waals surface area contributed by atoms with Gasteiger partial charge in [0.1, 0.15) is 30.5 Å². The number of benzene rings is 3. The molecule has 10 heteroatoms. The van der Waals surface area contributed by atoms with Crippen LogP contribution in [0.1, 0.15) is 17.2 Å².